The summed E-state index contributed by atoms with van der Waals surface area (Å²) in [6, 6.07) is 12.0. The third-order valence-electron chi connectivity index (χ3n) is 6.57. The fourth-order valence-electron chi connectivity index (χ4n) is 5.08. The lowest BCUT2D eigenvalue weighted by molar-refractivity contribution is 0.0931. The van der Waals surface area contributed by atoms with Gasteiger partial charge in [0.25, 0.3) is 5.91 Å². The van der Waals surface area contributed by atoms with Crippen molar-refractivity contribution < 1.29 is 9.90 Å². The number of hydrogen-bond donors (Lipinski definition) is 2. The lowest BCUT2D eigenvalue weighted by atomic mass is 9.95. The van der Waals surface area contributed by atoms with Gasteiger partial charge in [-0.2, -0.15) is 0 Å². The summed E-state index contributed by atoms with van der Waals surface area (Å²) in [5, 5.41) is 14.2. The van der Waals surface area contributed by atoms with E-state index in [0.29, 0.717) is 31.3 Å². The minimum Gasteiger partial charge on any atom is -0.391 e. The molecule has 0 radical (unpaired) electrons. The Morgan fingerprint density at radius 3 is 2.70 bits per heavy atom. The number of aliphatic hydroxyl groups is 1. The molecule has 0 unspecified atom stereocenters. The molecule has 3 aromatic rings. The molecule has 8 heteroatoms. The van der Waals surface area contributed by atoms with Gasteiger partial charge in [-0.1, -0.05) is 30.3 Å². The van der Waals surface area contributed by atoms with Crippen molar-refractivity contribution in [1.29, 1.82) is 0 Å². The second-order valence-corrected chi connectivity index (χ2v) is 8.15. The third kappa shape index (κ3) is 2.95. The standard InChI is InChI=1S/C22H24N6O2/c1-27-14-23-11-17(27)20(30)26-10-16-19(15-6-3-2-4-7-15)22(16)13-28(12-18(22)29)21-24-8-5-9-25-21/h2-9,11,14,16,18-19,29H,10,12-13H2,1H3,(H,26,30)/t16-,18-,19-,22-/m1/s1. The molecule has 1 aromatic carbocycles. The number of amides is 1. The number of imidazole rings is 1. The molecular formula is C22H24N6O2. The fraction of sp³-hybridized carbons (Fsp3) is 0.364. The Morgan fingerprint density at radius 1 is 1.23 bits per heavy atom. The zero-order valence-electron chi connectivity index (χ0n) is 16.7. The molecule has 4 atom stereocenters. The molecule has 1 amide bonds. The van der Waals surface area contributed by atoms with Gasteiger partial charge >= 0.3 is 0 Å². The quantitative estimate of drug-likeness (QED) is 0.664. The second-order valence-electron chi connectivity index (χ2n) is 8.15. The lowest BCUT2D eigenvalue weighted by Gasteiger charge is -2.16. The minimum atomic E-state index is -0.523. The van der Waals surface area contributed by atoms with Gasteiger partial charge in [0.2, 0.25) is 5.95 Å². The van der Waals surface area contributed by atoms with Crippen LogP contribution in [0.1, 0.15) is 22.0 Å². The van der Waals surface area contributed by atoms with Crippen LogP contribution >= 0.6 is 0 Å². The molecule has 2 aromatic heterocycles. The minimum absolute atomic E-state index is 0.126. The van der Waals surface area contributed by atoms with Gasteiger partial charge in [-0.15, -0.1) is 0 Å². The van der Waals surface area contributed by atoms with Crippen LogP contribution in [0.4, 0.5) is 5.95 Å². The summed E-state index contributed by atoms with van der Waals surface area (Å²) >= 11 is 0. The zero-order chi connectivity index (χ0) is 20.7. The summed E-state index contributed by atoms with van der Waals surface area (Å²) in [4.78, 5) is 27.4. The summed E-state index contributed by atoms with van der Waals surface area (Å²) in [6.45, 7) is 1.63. The molecule has 2 fully saturated rings. The van der Waals surface area contributed by atoms with E-state index in [9.17, 15) is 9.90 Å². The first-order valence-corrected chi connectivity index (χ1v) is 10.1. The van der Waals surface area contributed by atoms with Gasteiger partial charge in [0.05, 0.1) is 18.6 Å². The normalized spacial score (nSPS) is 27.4. The van der Waals surface area contributed by atoms with Crippen LogP contribution in [0.3, 0.4) is 0 Å². The molecule has 1 spiro atoms. The third-order valence-corrected chi connectivity index (χ3v) is 6.57. The molecule has 30 heavy (non-hydrogen) atoms. The van der Waals surface area contributed by atoms with Crippen molar-refractivity contribution in [2.24, 2.45) is 18.4 Å². The van der Waals surface area contributed by atoms with Crippen molar-refractivity contribution in [3.63, 3.8) is 0 Å². The molecule has 8 nitrogen and oxygen atoms in total. The van der Waals surface area contributed by atoms with E-state index in [-0.39, 0.29) is 23.2 Å². The highest BCUT2D eigenvalue weighted by Gasteiger charge is 2.71. The summed E-state index contributed by atoms with van der Waals surface area (Å²) in [5.74, 6) is 0.763. The molecule has 2 aliphatic rings. The van der Waals surface area contributed by atoms with Crippen LogP contribution in [-0.4, -0.2) is 56.3 Å². The average molecular weight is 404 g/mol. The van der Waals surface area contributed by atoms with Crippen LogP contribution in [0.2, 0.25) is 0 Å². The molecule has 154 valence electrons. The first kappa shape index (κ1) is 18.7. The number of carbonyl (C=O) groups is 1. The number of benzene rings is 1. The summed E-state index contributed by atoms with van der Waals surface area (Å²) in [7, 11) is 1.80. The van der Waals surface area contributed by atoms with E-state index in [2.05, 4.69) is 32.4 Å². The summed E-state index contributed by atoms with van der Waals surface area (Å²) in [5.41, 5.74) is 1.37. The first-order valence-electron chi connectivity index (χ1n) is 10.1. The van der Waals surface area contributed by atoms with Gasteiger partial charge in [0.15, 0.2) is 0 Å². The van der Waals surface area contributed by atoms with Crippen molar-refractivity contribution in [2.45, 2.75) is 12.0 Å². The van der Waals surface area contributed by atoms with E-state index < -0.39 is 6.10 Å². The highest BCUT2D eigenvalue weighted by atomic mass is 16.3. The Bertz CT molecular complexity index is 1040. The number of nitrogens with zero attached hydrogens (tertiary/aromatic N) is 5. The van der Waals surface area contributed by atoms with Crippen molar-refractivity contribution in [3.05, 3.63) is 72.6 Å². The molecule has 5 rings (SSSR count). The number of hydrogen-bond acceptors (Lipinski definition) is 6. The molecule has 1 saturated carbocycles. The molecule has 1 saturated heterocycles. The van der Waals surface area contributed by atoms with Crippen molar-refractivity contribution in [3.8, 4) is 0 Å². The second kappa shape index (κ2) is 7.21. The summed E-state index contributed by atoms with van der Waals surface area (Å²) < 4.78 is 1.70. The Labute approximate surface area is 174 Å². The smallest absolute Gasteiger partial charge is 0.269 e. The molecule has 3 heterocycles. The number of aliphatic hydroxyl groups excluding tert-OH is 1. The molecular weight excluding hydrogens is 380 g/mol. The maximum atomic E-state index is 12.6. The van der Waals surface area contributed by atoms with E-state index in [1.807, 2.05) is 23.1 Å². The Balaban J connectivity index is 1.39. The van der Waals surface area contributed by atoms with Crippen LogP contribution in [0.25, 0.3) is 0 Å². The zero-order valence-corrected chi connectivity index (χ0v) is 16.7. The first-order chi connectivity index (χ1) is 14.6. The van der Waals surface area contributed by atoms with Crippen molar-refractivity contribution in [2.75, 3.05) is 24.5 Å². The number of carbonyl (C=O) groups excluding carboxylic acids is 1. The van der Waals surface area contributed by atoms with Gasteiger partial charge in [-0.3, -0.25) is 4.79 Å². The Hall–Kier alpha value is -3.26. The number of aromatic nitrogens is 4. The summed E-state index contributed by atoms with van der Waals surface area (Å²) in [6.07, 6.45) is 6.08. The predicted octanol–water partition coefficient (Wildman–Crippen LogP) is 1.22. The Morgan fingerprint density at radius 2 is 2.00 bits per heavy atom. The van der Waals surface area contributed by atoms with E-state index in [4.69, 9.17) is 0 Å². The van der Waals surface area contributed by atoms with Crippen LogP contribution in [0.15, 0.2) is 61.3 Å². The monoisotopic (exact) mass is 404 g/mol. The lowest BCUT2D eigenvalue weighted by Crippen LogP contribution is -2.31. The SMILES string of the molecule is Cn1cncc1C(=O)NC[C@@H]1[C@@H](c2ccccc2)[C@]12CN(c1ncccn1)C[C@H]2O. The van der Waals surface area contributed by atoms with E-state index in [1.165, 1.54) is 5.56 Å². The maximum absolute atomic E-state index is 12.6. The van der Waals surface area contributed by atoms with Crippen LogP contribution in [-0.2, 0) is 7.05 Å². The fourth-order valence-corrected chi connectivity index (χ4v) is 5.08. The molecule has 1 aliphatic heterocycles. The van der Waals surface area contributed by atoms with Gasteiger partial charge in [-0.05, 0) is 23.5 Å². The number of aryl methyl sites for hydroxylation is 1. The van der Waals surface area contributed by atoms with Crippen molar-refractivity contribution >= 4 is 11.9 Å². The topological polar surface area (TPSA) is 96.2 Å². The highest BCUT2D eigenvalue weighted by Crippen LogP contribution is 2.68. The Kier molecular flexibility index (Phi) is 4.51. The predicted molar refractivity (Wildman–Crippen MR) is 111 cm³/mol. The average Bonchev–Trinajstić information content (AvgIpc) is 3.00. The van der Waals surface area contributed by atoms with Crippen LogP contribution in [0, 0.1) is 11.3 Å². The van der Waals surface area contributed by atoms with Gasteiger partial charge < -0.3 is 19.9 Å². The largest absolute Gasteiger partial charge is 0.391 e. The van der Waals surface area contributed by atoms with Crippen LogP contribution in [0.5, 0.6) is 0 Å². The maximum Gasteiger partial charge on any atom is 0.269 e. The van der Waals surface area contributed by atoms with E-state index in [0.717, 1.165) is 0 Å². The van der Waals surface area contributed by atoms with Gasteiger partial charge in [0, 0.05) is 44.5 Å². The van der Waals surface area contributed by atoms with Gasteiger partial charge in [-0.25, -0.2) is 15.0 Å². The molecule has 2 N–H and O–H groups in total. The number of rotatable bonds is 5. The van der Waals surface area contributed by atoms with E-state index in [1.54, 1.807) is 42.6 Å². The van der Waals surface area contributed by atoms with E-state index >= 15 is 0 Å². The number of anilines is 1. The number of β-amino-alcohol motifs (C(OH)–C–C–N with tert-alkyl or cyclic N) is 1. The van der Waals surface area contributed by atoms with Crippen molar-refractivity contribution in [1.82, 2.24) is 24.8 Å². The molecule has 0 bridgehead atoms. The number of nitrogens with one attached hydrogen (secondary N) is 1. The van der Waals surface area contributed by atoms with Gasteiger partial charge in [0.1, 0.15) is 5.69 Å². The van der Waals surface area contributed by atoms with Crippen LogP contribution < -0.4 is 10.2 Å². The molecule has 1 aliphatic carbocycles. The highest BCUT2D eigenvalue weighted by molar-refractivity contribution is 5.92.